The molecule has 1 unspecified atom stereocenters. The fraction of sp³-hybridized carbons (Fsp3) is 0.947. The number of rotatable bonds is 14. The van der Waals surface area contributed by atoms with Crippen LogP contribution in [0.2, 0.25) is 0 Å². The van der Waals surface area contributed by atoms with Crippen LogP contribution in [-0.4, -0.2) is 37.3 Å². The van der Waals surface area contributed by atoms with Crippen LogP contribution >= 0.6 is 7.60 Å². The first-order valence-corrected chi connectivity index (χ1v) is 11.6. The van der Waals surface area contributed by atoms with E-state index in [0.717, 1.165) is 5.81 Å². The summed E-state index contributed by atoms with van der Waals surface area (Å²) in [6, 6.07) is 0. The minimum atomic E-state index is -4.12. The van der Waals surface area contributed by atoms with Crippen molar-refractivity contribution in [1.29, 1.82) is 5.26 Å². The highest BCUT2D eigenvalue weighted by atomic mass is 31.2. The molecule has 0 spiro atoms. The molecule has 0 fully saturated rings. The summed E-state index contributed by atoms with van der Waals surface area (Å²) in [6.07, 6.45) is 11.1. The molecule has 0 aliphatic rings. The molecule has 0 aliphatic heterocycles. The van der Waals surface area contributed by atoms with Crippen molar-refractivity contribution in [1.82, 2.24) is 0 Å². The highest BCUT2D eigenvalue weighted by Gasteiger charge is 2.24. The molecule has 25 heavy (non-hydrogen) atoms. The van der Waals surface area contributed by atoms with E-state index in [9.17, 15) is 9.46 Å². The van der Waals surface area contributed by atoms with Crippen LogP contribution in [0.3, 0.4) is 0 Å². The van der Waals surface area contributed by atoms with Crippen molar-refractivity contribution in [3.05, 3.63) is 0 Å². The van der Waals surface area contributed by atoms with Crippen LogP contribution < -0.4 is 4.89 Å². The van der Waals surface area contributed by atoms with Gasteiger partial charge in [-0.15, -0.1) is 0 Å². The van der Waals surface area contributed by atoms with E-state index >= 15 is 0 Å². The van der Waals surface area contributed by atoms with E-state index in [1.807, 2.05) is 0 Å². The van der Waals surface area contributed by atoms with Gasteiger partial charge in [-0.05, 0) is 32.6 Å². The zero-order valence-corrected chi connectivity index (χ0v) is 18.2. The Morgan fingerprint density at radius 3 is 1.32 bits per heavy atom. The first kappa shape index (κ1) is 26.8. The van der Waals surface area contributed by atoms with Crippen molar-refractivity contribution in [2.75, 3.05) is 32.8 Å². The van der Waals surface area contributed by atoms with E-state index < -0.39 is 7.60 Å². The third-order valence-electron chi connectivity index (χ3n) is 4.37. The van der Waals surface area contributed by atoms with Crippen LogP contribution in [-0.2, 0) is 9.09 Å². The molecule has 0 rings (SSSR count). The third kappa shape index (κ3) is 15.6. The van der Waals surface area contributed by atoms with Gasteiger partial charge in [0.15, 0.2) is 0 Å². The largest absolute Gasteiger partial charge is 0.767 e. The number of hydrogen-bond donors (Lipinski definition) is 0. The van der Waals surface area contributed by atoms with Crippen molar-refractivity contribution in [3.63, 3.8) is 0 Å². The second-order valence-corrected chi connectivity index (χ2v) is 8.12. The average molecular weight is 377 g/mol. The number of nitrogens with zero attached hydrogens (tertiary/aromatic N) is 2. The predicted octanol–water partition coefficient (Wildman–Crippen LogP) is 5.06. The fourth-order valence-corrected chi connectivity index (χ4v) is 3.24. The SMILES string of the molecule is CCCC[N+](CCCC)(CCCC)CCCC.CCOP(=O)([O-])C#N. The molecule has 0 aromatic rings. The summed E-state index contributed by atoms with van der Waals surface area (Å²) in [5.41, 5.74) is 0. The molecule has 0 bridgehead atoms. The standard InChI is InChI=1S/C16H36N.C3H6NO3P/c1-5-9-13-17(14-10-6-2,15-11-7-3)16-12-8-4;1-2-7-8(5,6)3-4/h5-16H2,1-4H3;2H2,1H3,(H,5,6)/q+1;/p-1. The Morgan fingerprint density at radius 1 is 0.840 bits per heavy atom. The number of unbranched alkanes of at least 4 members (excludes halogenated alkanes) is 4. The van der Waals surface area contributed by atoms with Crippen molar-refractivity contribution < 1.29 is 18.5 Å². The lowest BCUT2D eigenvalue weighted by molar-refractivity contribution is -0.929. The molecule has 0 amide bonds. The van der Waals surface area contributed by atoms with E-state index in [4.69, 9.17) is 5.26 Å². The molecule has 6 heteroatoms. The van der Waals surface area contributed by atoms with Crippen LogP contribution in [0.5, 0.6) is 0 Å². The van der Waals surface area contributed by atoms with Gasteiger partial charge in [0.05, 0.1) is 32.8 Å². The lowest BCUT2D eigenvalue weighted by Crippen LogP contribution is -2.50. The zero-order chi connectivity index (χ0) is 19.6. The first-order chi connectivity index (χ1) is 11.9. The van der Waals surface area contributed by atoms with Gasteiger partial charge in [-0.1, -0.05) is 53.4 Å². The third-order valence-corrected chi connectivity index (χ3v) is 5.21. The van der Waals surface area contributed by atoms with Crippen LogP contribution in [0.25, 0.3) is 0 Å². The van der Waals surface area contributed by atoms with Gasteiger partial charge in [0.1, 0.15) is 5.81 Å². The molecule has 0 aromatic carbocycles. The average Bonchev–Trinajstić information content (AvgIpc) is 2.61. The highest BCUT2D eigenvalue weighted by molar-refractivity contribution is 7.56. The Bertz CT molecular complexity index is 346. The van der Waals surface area contributed by atoms with Crippen molar-refractivity contribution >= 4 is 7.60 Å². The molecule has 0 heterocycles. The molecule has 0 radical (unpaired) electrons. The summed E-state index contributed by atoms with van der Waals surface area (Å²) < 4.78 is 15.5. The normalized spacial score (nSPS) is 13.5. The summed E-state index contributed by atoms with van der Waals surface area (Å²) in [6.45, 7) is 16.5. The van der Waals surface area contributed by atoms with E-state index in [0.29, 0.717) is 0 Å². The topological polar surface area (TPSA) is 73.2 Å². The minimum absolute atomic E-state index is 0.0222. The van der Waals surface area contributed by atoms with Gasteiger partial charge in [-0.2, -0.15) is 5.26 Å². The number of hydrogen-bond acceptors (Lipinski definition) is 4. The molecular weight excluding hydrogens is 335 g/mol. The van der Waals surface area contributed by atoms with Crippen molar-refractivity contribution in [3.8, 4) is 5.81 Å². The number of quaternary nitrogens is 1. The van der Waals surface area contributed by atoms with Gasteiger partial charge in [0.2, 0.25) is 7.60 Å². The lowest BCUT2D eigenvalue weighted by atomic mass is 10.1. The molecule has 0 aromatic heterocycles. The molecule has 1 atom stereocenters. The summed E-state index contributed by atoms with van der Waals surface area (Å²) in [4.78, 5) is 10.0. The maximum absolute atomic E-state index is 10.0. The summed E-state index contributed by atoms with van der Waals surface area (Å²) in [7, 11) is -4.12. The molecule has 0 saturated carbocycles. The maximum Gasteiger partial charge on any atom is 0.235 e. The molecule has 0 aliphatic carbocycles. The Morgan fingerprint density at radius 2 is 1.16 bits per heavy atom. The van der Waals surface area contributed by atoms with Crippen LogP contribution in [0.4, 0.5) is 0 Å². The van der Waals surface area contributed by atoms with Crippen LogP contribution in [0.15, 0.2) is 0 Å². The van der Waals surface area contributed by atoms with Gasteiger partial charge in [0, 0.05) is 0 Å². The minimum Gasteiger partial charge on any atom is -0.767 e. The Balaban J connectivity index is 0. The first-order valence-electron chi connectivity index (χ1n) is 10.1. The van der Waals surface area contributed by atoms with E-state index in [2.05, 4.69) is 32.2 Å². The zero-order valence-electron chi connectivity index (χ0n) is 17.3. The summed E-state index contributed by atoms with van der Waals surface area (Å²) in [5.74, 6) is 1.02. The Hall–Kier alpha value is -0.400. The predicted molar refractivity (Wildman–Crippen MR) is 104 cm³/mol. The molecule has 5 nitrogen and oxygen atoms in total. The Labute approximate surface area is 156 Å². The quantitative estimate of drug-likeness (QED) is 0.314. The molecule has 150 valence electrons. The van der Waals surface area contributed by atoms with E-state index in [1.54, 1.807) is 0 Å². The second-order valence-electron chi connectivity index (χ2n) is 6.67. The van der Waals surface area contributed by atoms with E-state index in [-0.39, 0.29) is 6.61 Å². The maximum atomic E-state index is 10.0. The fourth-order valence-electron chi connectivity index (χ4n) is 2.84. The van der Waals surface area contributed by atoms with Gasteiger partial charge < -0.3 is 13.9 Å². The van der Waals surface area contributed by atoms with Crippen LogP contribution in [0, 0.1) is 11.1 Å². The van der Waals surface area contributed by atoms with Gasteiger partial charge in [-0.3, -0.25) is 4.57 Å². The monoisotopic (exact) mass is 376 g/mol. The molecule has 0 saturated heterocycles. The second kappa shape index (κ2) is 17.0. The highest BCUT2D eigenvalue weighted by Crippen LogP contribution is 2.33. The summed E-state index contributed by atoms with van der Waals surface area (Å²) in [5, 5.41) is 7.77. The number of nitriles is 1. The molecule has 0 N–H and O–H groups in total. The van der Waals surface area contributed by atoms with Gasteiger partial charge in [0.25, 0.3) is 0 Å². The lowest BCUT2D eigenvalue weighted by Gasteiger charge is -2.39. The van der Waals surface area contributed by atoms with Crippen molar-refractivity contribution in [2.24, 2.45) is 0 Å². The van der Waals surface area contributed by atoms with Gasteiger partial charge in [-0.25, -0.2) is 0 Å². The Kier molecular flexibility index (Phi) is 18.3. The smallest absolute Gasteiger partial charge is 0.235 e. The van der Waals surface area contributed by atoms with E-state index in [1.165, 1.54) is 89.0 Å². The molecular formula is C19H41N2O3P. The van der Waals surface area contributed by atoms with Crippen LogP contribution in [0.1, 0.15) is 86.0 Å². The van der Waals surface area contributed by atoms with Crippen molar-refractivity contribution in [2.45, 2.75) is 86.0 Å². The van der Waals surface area contributed by atoms with Gasteiger partial charge >= 0.3 is 0 Å². The summed E-state index contributed by atoms with van der Waals surface area (Å²) >= 11 is 0.